The molecule has 0 rings (SSSR count). The van der Waals surface area contributed by atoms with E-state index in [9.17, 15) is 4.79 Å². The molecule has 0 aliphatic carbocycles. The van der Waals surface area contributed by atoms with Crippen LogP contribution < -0.4 is 0 Å². The number of methoxy groups -OCH3 is 2. The first-order valence-corrected chi connectivity index (χ1v) is 13.2. The molecule has 3 heteroatoms. The molecule has 0 unspecified atom stereocenters. The van der Waals surface area contributed by atoms with Crippen LogP contribution in [0.1, 0.15) is 129 Å². The Morgan fingerprint density at radius 1 is 0.613 bits per heavy atom. The van der Waals surface area contributed by atoms with E-state index >= 15 is 0 Å². The minimum atomic E-state index is -0.445. The second-order valence-electron chi connectivity index (χ2n) is 8.73. The number of hydrogen-bond acceptors (Lipinski definition) is 3. The zero-order valence-corrected chi connectivity index (χ0v) is 21.0. The Kier molecular flexibility index (Phi) is 24.3. The number of ether oxygens (including phenoxy) is 2. The summed E-state index contributed by atoms with van der Waals surface area (Å²) >= 11 is 0. The lowest BCUT2D eigenvalue weighted by Crippen LogP contribution is -2.23. The topological polar surface area (TPSA) is 35.5 Å². The van der Waals surface area contributed by atoms with Gasteiger partial charge >= 0.3 is 5.97 Å². The fraction of sp³-hybridized carbons (Fsp3) is 0.821. The van der Waals surface area contributed by atoms with Crippen LogP contribution >= 0.6 is 0 Å². The summed E-state index contributed by atoms with van der Waals surface area (Å²) in [6.07, 6.45) is 33.3. The highest BCUT2D eigenvalue weighted by molar-refractivity contribution is 5.74. The Hall–Kier alpha value is -1.09. The number of rotatable bonds is 23. The van der Waals surface area contributed by atoms with Gasteiger partial charge in [0.25, 0.3) is 0 Å². The zero-order valence-electron chi connectivity index (χ0n) is 21.0. The molecule has 0 aromatic heterocycles. The van der Waals surface area contributed by atoms with Crippen molar-refractivity contribution >= 4 is 5.97 Å². The summed E-state index contributed by atoms with van der Waals surface area (Å²) in [5, 5.41) is 0. The van der Waals surface area contributed by atoms with Gasteiger partial charge in [0.05, 0.1) is 7.11 Å². The van der Waals surface area contributed by atoms with Crippen molar-refractivity contribution in [2.24, 2.45) is 0 Å². The number of allylic oxidation sites excluding steroid dienone is 4. The van der Waals surface area contributed by atoms with Crippen LogP contribution in [0.4, 0.5) is 0 Å². The molecule has 0 bridgehead atoms. The first-order valence-electron chi connectivity index (χ1n) is 13.2. The van der Waals surface area contributed by atoms with E-state index in [1.54, 1.807) is 7.11 Å². The van der Waals surface area contributed by atoms with Gasteiger partial charge in [0, 0.05) is 7.11 Å². The summed E-state index contributed by atoms with van der Waals surface area (Å²) in [4.78, 5) is 11.4. The minimum absolute atomic E-state index is 0.290. The molecule has 31 heavy (non-hydrogen) atoms. The maximum absolute atomic E-state index is 11.4. The monoisotopic (exact) mass is 436 g/mol. The van der Waals surface area contributed by atoms with E-state index < -0.39 is 6.10 Å². The molecule has 0 aliphatic rings. The van der Waals surface area contributed by atoms with Gasteiger partial charge < -0.3 is 9.47 Å². The standard InChI is InChI=1S/C28H52O3/c1-4-5-6-7-8-9-10-11-12-13-14-15-16-17-18-19-20-21-22-23-24-25-26-27(30-2)28(29)31-3/h19-20,23-24,27H,4-18,21-22,25-26H2,1-3H3/b20-19-,24-23-/t27-/m1/s1. The van der Waals surface area contributed by atoms with Crippen LogP contribution in [0.3, 0.4) is 0 Å². The second kappa shape index (κ2) is 25.2. The van der Waals surface area contributed by atoms with Crippen molar-refractivity contribution < 1.29 is 14.3 Å². The molecule has 0 saturated heterocycles. The van der Waals surface area contributed by atoms with Crippen LogP contribution in [0, 0.1) is 0 Å². The van der Waals surface area contributed by atoms with E-state index in [1.807, 2.05) is 0 Å². The predicted molar refractivity (Wildman–Crippen MR) is 134 cm³/mol. The molecule has 0 aromatic rings. The van der Waals surface area contributed by atoms with Crippen molar-refractivity contribution in [1.82, 2.24) is 0 Å². The smallest absolute Gasteiger partial charge is 0.334 e. The van der Waals surface area contributed by atoms with E-state index in [1.165, 1.54) is 103 Å². The molecular formula is C28H52O3. The highest BCUT2D eigenvalue weighted by Gasteiger charge is 2.16. The maximum Gasteiger partial charge on any atom is 0.334 e. The number of carbonyl (C=O) groups is 1. The quantitative estimate of drug-likeness (QED) is 0.0912. The van der Waals surface area contributed by atoms with Gasteiger partial charge in [0.1, 0.15) is 0 Å². The van der Waals surface area contributed by atoms with Crippen molar-refractivity contribution in [1.29, 1.82) is 0 Å². The SMILES string of the molecule is CCCCCCCCCCCCCCCC/C=C\CC/C=C\CC[C@@H](OC)C(=O)OC. The third kappa shape index (κ3) is 21.9. The van der Waals surface area contributed by atoms with Gasteiger partial charge in [-0.25, -0.2) is 4.79 Å². The maximum atomic E-state index is 11.4. The van der Waals surface area contributed by atoms with Gasteiger partial charge in [0.15, 0.2) is 6.10 Å². The van der Waals surface area contributed by atoms with Crippen LogP contribution in [-0.2, 0) is 14.3 Å². The lowest BCUT2D eigenvalue weighted by molar-refractivity contribution is -0.152. The van der Waals surface area contributed by atoms with Crippen LogP contribution in [0.25, 0.3) is 0 Å². The number of esters is 1. The highest BCUT2D eigenvalue weighted by atomic mass is 16.6. The van der Waals surface area contributed by atoms with E-state index in [0.717, 1.165) is 19.3 Å². The number of unbranched alkanes of at least 4 members (excludes halogenated alkanes) is 15. The fourth-order valence-corrected chi connectivity index (χ4v) is 3.83. The van der Waals surface area contributed by atoms with E-state index in [0.29, 0.717) is 6.42 Å². The molecule has 182 valence electrons. The Labute approximate surface area is 194 Å². The van der Waals surface area contributed by atoms with Crippen LogP contribution in [0.5, 0.6) is 0 Å². The summed E-state index contributed by atoms with van der Waals surface area (Å²) in [5.41, 5.74) is 0. The average molecular weight is 437 g/mol. The second-order valence-corrected chi connectivity index (χ2v) is 8.73. The fourth-order valence-electron chi connectivity index (χ4n) is 3.83. The summed E-state index contributed by atoms with van der Waals surface area (Å²) in [6.45, 7) is 2.29. The Morgan fingerprint density at radius 3 is 1.48 bits per heavy atom. The Bertz CT molecular complexity index is 428. The third-order valence-electron chi connectivity index (χ3n) is 5.90. The molecule has 0 aromatic carbocycles. The molecule has 3 nitrogen and oxygen atoms in total. The third-order valence-corrected chi connectivity index (χ3v) is 5.90. The van der Waals surface area contributed by atoms with Gasteiger partial charge in [-0.2, -0.15) is 0 Å². The number of carbonyl (C=O) groups excluding carboxylic acids is 1. The normalized spacial score (nSPS) is 12.7. The summed E-state index contributed by atoms with van der Waals surface area (Å²) in [6, 6.07) is 0. The van der Waals surface area contributed by atoms with E-state index in [4.69, 9.17) is 9.47 Å². The van der Waals surface area contributed by atoms with Crippen molar-refractivity contribution in [2.75, 3.05) is 14.2 Å². The lowest BCUT2D eigenvalue weighted by Gasteiger charge is -2.10. The van der Waals surface area contributed by atoms with Crippen LogP contribution in [0.2, 0.25) is 0 Å². The van der Waals surface area contributed by atoms with Gasteiger partial charge in [0.2, 0.25) is 0 Å². The molecule has 0 amide bonds. The minimum Gasteiger partial charge on any atom is -0.467 e. The molecular weight excluding hydrogens is 384 g/mol. The molecule has 0 aliphatic heterocycles. The van der Waals surface area contributed by atoms with Crippen LogP contribution in [0.15, 0.2) is 24.3 Å². The molecule has 0 spiro atoms. The summed E-state index contributed by atoms with van der Waals surface area (Å²) < 4.78 is 9.84. The summed E-state index contributed by atoms with van der Waals surface area (Å²) in [5.74, 6) is -0.290. The Morgan fingerprint density at radius 2 is 1.03 bits per heavy atom. The molecule has 0 fully saturated rings. The van der Waals surface area contributed by atoms with Crippen molar-refractivity contribution in [3.05, 3.63) is 24.3 Å². The first-order chi connectivity index (χ1) is 15.3. The van der Waals surface area contributed by atoms with Crippen molar-refractivity contribution in [2.45, 2.75) is 135 Å². The van der Waals surface area contributed by atoms with Gasteiger partial charge in [-0.3, -0.25) is 0 Å². The predicted octanol–water partition coefficient (Wildman–Crippen LogP) is 8.72. The molecule has 0 heterocycles. The van der Waals surface area contributed by atoms with Gasteiger partial charge in [-0.05, 0) is 38.5 Å². The van der Waals surface area contributed by atoms with Gasteiger partial charge in [-0.15, -0.1) is 0 Å². The zero-order chi connectivity index (χ0) is 22.8. The average Bonchev–Trinajstić information content (AvgIpc) is 2.79. The summed E-state index contributed by atoms with van der Waals surface area (Å²) in [7, 11) is 2.95. The van der Waals surface area contributed by atoms with Gasteiger partial charge in [-0.1, -0.05) is 115 Å². The van der Waals surface area contributed by atoms with E-state index in [2.05, 4.69) is 31.2 Å². The highest BCUT2D eigenvalue weighted by Crippen LogP contribution is 2.13. The largest absolute Gasteiger partial charge is 0.467 e. The lowest BCUT2D eigenvalue weighted by atomic mass is 10.0. The molecule has 0 saturated carbocycles. The van der Waals surface area contributed by atoms with E-state index in [-0.39, 0.29) is 5.97 Å². The molecule has 0 radical (unpaired) electrons. The number of hydrogen-bond donors (Lipinski definition) is 0. The van der Waals surface area contributed by atoms with Crippen molar-refractivity contribution in [3.63, 3.8) is 0 Å². The van der Waals surface area contributed by atoms with Crippen LogP contribution in [-0.4, -0.2) is 26.3 Å². The Balaban J connectivity index is 3.30. The van der Waals surface area contributed by atoms with Crippen molar-refractivity contribution in [3.8, 4) is 0 Å². The first kappa shape index (κ1) is 29.9. The molecule has 0 N–H and O–H groups in total. The molecule has 1 atom stereocenters.